The van der Waals surface area contributed by atoms with Gasteiger partial charge in [0.2, 0.25) is 0 Å². The summed E-state index contributed by atoms with van der Waals surface area (Å²) in [5.41, 5.74) is 2.67. The first-order chi connectivity index (χ1) is 19.9. The fourth-order valence-electron chi connectivity index (χ4n) is 4.70. The van der Waals surface area contributed by atoms with Gasteiger partial charge in [-0.15, -0.1) is 0 Å². The predicted molar refractivity (Wildman–Crippen MR) is 155 cm³/mol. The lowest BCUT2D eigenvalue weighted by Crippen LogP contribution is -2.36. The van der Waals surface area contributed by atoms with Crippen molar-refractivity contribution in [2.75, 3.05) is 20.2 Å². The van der Waals surface area contributed by atoms with Gasteiger partial charge in [-0.2, -0.15) is 0 Å². The van der Waals surface area contributed by atoms with Crippen LogP contribution in [0.25, 0.3) is 6.08 Å². The van der Waals surface area contributed by atoms with Crippen LogP contribution in [-0.2, 0) is 22.5 Å². The van der Waals surface area contributed by atoms with Gasteiger partial charge in [0.05, 0.1) is 31.1 Å². The molecule has 0 saturated carbocycles. The first kappa shape index (κ1) is 29.5. The molecular weight excluding hydrogens is 520 g/mol. The second-order valence-corrected chi connectivity index (χ2v) is 9.98. The molecule has 9 heteroatoms. The zero-order valence-electron chi connectivity index (χ0n) is 23.8. The van der Waals surface area contributed by atoms with Crippen LogP contribution in [0.5, 0.6) is 0 Å². The highest BCUT2D eigenvalue weighted by Gasteiger charge is 2.41. The summed E-state index contributed by atoms with van der Waals surface area (Å²) >= 11 is 0. The average molecular weight is 557 g/mol. The number of nitrogens with zero attached hydrogens (tertiary/aromatic N) is 4. The molecule has 4 rings (SSSR count). The Kier molecular flexibility index (Phi) is 9.84. The number of methoxy groups -OCH3 is 1. The zero-order chi connectivity index (χ0) is 29.4. The molecule has 0 unspecified atom stereocenters. The van der Waals surface area contributed by atoms with Crippen LogP contribution in [0.2, 0.25) is 0 Å². The van der Waals surface area contributed by atoms with Gasteiger partial charge in [0.15, 0.2) is 5.78 Å². The fourth-order valence-corrected chi connectivity index (χ4v) is 4.70. The van der Waals surface area contributed by atoms with Crippen LogP contribution in [-0.4, -0.2) is 63.2 Å². The van der Waals surface area contributed by atoms with Gasteiger partial charge in [0, 0.05) is 25.1 Å². The van der Waals surface area contributed by atoms with E-state index in [2.05, 4.69) is 11.9 Å². The number of ether oxygens (including phenoxy) is 1. The van der Waals surface area contributed by atoms with Crippen molar-refractivity contribution < 1.29 is 23.9 Å². The summed E-state index contributed by atoms with van der Waals surface area (Å²) in [5.74, 6) is -0.231. The molecule has 0 N–H and O–H groups in total. The van der Waals surface area contributed by atoms with Crippen molar-refractivity contribution in [1.82, 2.24) is 19.4 Å². The summed E-state index contributed by atoms with van der Waals surface area (Å²) in [5, 5.41) is 0. The van der Waals surface area contributed by atoms with Gasteiger partial charge in [0.1, 0.15) is 11.5 Å². The van der Waals surface area contributed by atoms with E-state index in [4.69, 9.17) is 4.74 Å². The average Bonchev–Trinajstić information content (AvgIpc) is 3.47. The molecule has 2 heterocycles. The Hall–Kier alpha value is -4.53. The highest BCUT2D eigenvalue weighted by Crippen LogP contribution is 2.26. The minimum absolute atomic E-state index is 0.152. The number of imidazole rings is 1. The molecule has 1 aromatic heterocycles. The number of carbonyl (C=O) groups is 4. The second-order valence-electron chi connectivity index (χ2n) is 9.98. The first-order valence-corrected chi connectivity index (χ1v) is 14.0. The number of imide groups is 1. The van der Waals surface area contributed by atoms with E-state index in [1.165, 1.54) is 16.9 Å². The molecule has 0 radical (unpaired) electrons. The highest BCUT2D eigenvalue weighted by atomic mass is 16.5. The number of ketones is 1. The van der Waals surface area contributed by atoms with Gasteiger partial charge in [-0.3, -0.25) is 19.4 Å². The third-order valence-electron chi connectivity index (χ3n) is 7.07. The van der Waals surface area contributed by atoms with Crippen LogP contribution in [0.15, 0.2) is 66.5 Å². The Morgan fingerprint density at radius 2 is 1.61 bits per heavy atom. The summed E-state index contributed by atoms with van der Waals surface area (Å²) in [6.07, 6.45) is 7.53. The van der Waals surface area contributed by atoms with Gasteiger partial charge >= 0.3 is 12.0 Å². The highest BCUT2D eigenvalue weighted by molar-refractivity contribution is 6.15. The predicted octanol–water partition coefficient (Wildman–Crippen LogP) is 5.35. The Labute approximate surface area is 240 Å². The number of aryl methyl sites for hydroxylation is 1. The third kappa shape index (κ3) is 6.80. The van der Waals surface area contributed by atoms with E-state index in [0.717, 1.165) is 37.1 Å². The molecule has 0 spiro atoms. The lowest BCUT2D eigenvalue weighted by Gasteiger charge is -2.17. The van der Waals surface area contributed by atoms with Gasteiger partial charge in [-0.05, 0) is 36.6 Å². The summed E-state index contributed by atoms with van der Waals surface area (Å²) in [7, 11) is 1.34. The molecule has 1 aliphatic heterocycles. The molecule has 1 aliphatic rings. The van der Waals surface area contributed by atoms with E-state index in [1.54, 1.807) is 48.7 Å². The third-order valence-corrected chi connectivity index (χ3v) is 7.07. The number of esters is 1. The maximum atomic E-state index is 13.5. The molecule has 0 atom stereocenters. The first-order valence-electron chi connectivity index (χ1n) is 14.0. The minimum Gasteiger partial charge on any atom is -0.465 e. The Morgan fingerprint density at radius 3 is 2.27 bits per heavy atom. The number of aromatic nitrogens is 2. The smallest absolute Gasteiger partial charge is 0.337 e. The van der Waals surface area contributed by atoms with Crippen LogP contribution < -0.4 is 0 Å². The van der Waals surface area contributed by atoms with E-state index in [0.29, 0.717) is 29.8 Å². The van der Waals surface area contributed by atoms with Crippen molar-refractivity contribution in [3.63, 3.8) is 0 Å². The standard InChI is InChI=1S/C32H36N4O5/c1-4-6-13-29-33-20-26(35(29)21-23-14-16-25(17-15-23)31(39)41-3)19-27-30(38)34(18-7-5-2)32(40)36(27)22-28(37)24-11-9-8-10-12-24/h8-12,14-17,19-20H,4-7,13,18,21-22H2,1-3H3. The van der Waals surface area contributed by atoms with Crippen LogP contribution >= 0.6 is 0 Å². The number of carbonyl (C=O) groups excluding carboxylic acids is 4. The van der Waals surface area contributed by atoms with Gasteiger partial charge in [-0.25, -0.2) is 14.6 Å². The van der Waals surface area contributed by atoms with Crippen LogP contribution in [0.3, 0.4) is 0 Å². The SMILES string of the molecule is CCCCc1ncc(C=C2C(=O)N(CCCC)C(=O)N2CC(=O)c2ccccc2)n1Cc1ccc(C(=O)OC)cc1. The number of hydrogen-bond acceptors (Lipinski definition) is 6. The van der Waals surface area contributed by atoms with Crippen LogP contribution in [0, 0.1) is 0 Å². The summed E-state index contributed by atoms with van der Waals surface area (Å²) in [6, 6.07) is 15.4. The minimum atomic E-state index is -0.491. The number of hydrogen-bond donors (Lipinski definition) is 0. The molecular formula is C32H36N4O5. The van der Waals surface area contributed by atoms with Crippen molar-refractivity contribution in [3.05, 3.63) is 94.7 Å². The Morgan fingerprint density at radius 1 is 0.902 bits per heavy atom. The van der Waals surface area contributed by atoms with Gasteiger partial charge in [0.25, 0.3) is 5.91 Å². The molecule has 0 bridgehead atoms. The molecule has 214 valence electrons. The maximum absolute atomic E-state index is 13.5. The number of urea groups is 1. The molecule has 1 fully saturated rings. The van der Waals surface area contributed by atoms with E-state index < -0.39 is 17.9 Å². The normalized spacial score (nSPS) is 14.3. The number of rotatable bonds is 13. The van der Waals surface area contributed by atoms with Gasteiger partial charge < -0.3 is 9.30 Å². The largest absolute Gasteiger partial charge is 0.465 e. The lowest BCUT2D eigenvalue weighted by molar-refractivity contribution is -0.123. The molecule has 0 aliphatic carbocycles. The number of benzene rings is 2. The molecule has 1 saturated heterocycles. The lowest BCUT2D eigenvalue weighted by atomic mass is 10.1. The monoisotopic (exact) mass is 556 g/mol. The summed E-state index contributed by atoms with van der Waals surface area (Å²) in [6.45, 7) is 4.60. The summed E-state index contributed by atoms with van der Waals surface area (Å²) in [4.78, 5) is 59.1. The summed E-state index contributed by atoms with van der Waals surface area (Å²) < 4.78 is 6.82. The molecule has 9 nitrogen and oxygen atoms in total. The molecule has 41 heavy (non-hydrogen) atoms. The number of Topliss-reactive ketones (excluding diaryl/α,β-unsaturated/α-hetero) is 1. The van der Waals surface area contributed by atoms with E-state index in [9.17, 15) is 19.2 Å². The van der Waals surface area contributed by atoms with Crippen LogP contribution in [0.4, 0.5) is 4.79 Å². The molecule has 3 amide bonds. The van der Waals surface area contributed by atoms with E-state index in [-0.39, 0.29) is 24.6 Å². The van der Waals surface area contributed by atoms with Crippen LogP contribution in [0.1, 0.15) is 77.3 Å². The van der Waals surface area contributed by atoms with E-state index >= 15 is 0 Å². The van der Waals surface area contributed by atoms with Crippen molar-refractivity contribution in [2.24, 2.45) is 0 Å². The molecule has 2 aromatic carbocycles. The number of amides is 3. The number of unbranched alkanes of at least 4 members (excludes halogenated alkanes) is 2. The second kappa shape index (κ2) is 13.7. The quantitative estimate of drug-likeness (QED) is 0.122. The van der Waals surface area contributed by atoms with Crippen molar-refractivity contribution in [1.29, 1.82) is 0 Å². The Balaban J connectivity index is 1.71. The molecule has 3 aromatic rings. The van der Waals surface area contributed by atoms with Crippen molar-refractivity contribution in [3.8, 4) is 0 Å². The maximum Gasteiger partial charge on any atom is 0.337 e. The van der Waals surface area contributed by atoms with Crippen molar-refractivity contribution >= 4 is 29.8 Å². The fraction of sp³-hybridized carbons (Fsp3) is 0.344. The Bertz CT molecular complexity index is 1430. The zero-order valence-corrected chi connectivity index (χ0v) is 23.8. The van der Waals surface area contributed by atoms with Gasteiger partial charge in [-0.1, -0.05) is 69.2 Å². The van der Waals surface area contributed by atoms with Crippen molar-refractivity contribution in [2.45, 2.75) is 52.5 Å². The topological polar surface area (TPSA) is 102 Å². The van der Waals surface area contributed by atoms with E-state index in [1.807, 2.05) is 29.7 Å².